The van der Waals surface area contributed by atoms with Crippen LogP contribution in [0.1, 0.15) is 60.3 Å². The molecule has 17 heavy (non-hydrogen) atoms. The van der Waals surface area contributed by atoms with Gasteiger partial charge in [0.25, 0.3) is 0 Å². The van der Waals surface area contributed by atoms with Gasteiger partial charge in [-0.15, -0.1) is 0 Å². The van der Waals surface area contributed by atoms with Crippen molar-refractivity contribution in [2.45, 2.75) is 65.9 Å². The number of carbonyl (C=O) groups excluding carboxylic acids is 1. The quantitative estimate of drug-likeness (QED) is 0.411. The average molecular weight is 238 g/mol. The highest BCUT2D eigenvalue weighted by atomic mass is 16.6. The van der Waals surface area contributed by atoms with E-state index in [1.54, 1.807) is 0 Å². The zero-order chi connectivity index (χ0) is 13.3. The largest absolute Gasteiger partial charge is 0.456 e. The van der Waals surface area contributed by atoms with Crippen LogP contribution in [-0.2, 0) is 9.53 Å². The SMILES string of the molecule is C=CC(=O)OC1(C)CCCCC(C)(C)C1(C)C. The molecule has 1 unspecified atom stereocenters. The lowest BCUT2D eigenvalue weighted by Crippen LogP contribution is -2.52. The first-order valence-electron chi connectivity index (χ1n) is 6.52. The summed E-state index contributed by atoms with van der Waals surface area (Å²) < 4.78 is 5.70. The number of hydrogen-bond donors (Lipinski definition) is 0. The fourth-order valence-corrected chi connectivity index (χ4v) is 2.81. The van der Waals surface area contributed by atoms with Gasteiger partial charge in [0.1, 0.15) is 5.60 Å². The van der Waals surface area contributed by atoms with E-state index in [0.717, 1.165) is 12.8 Å². The summed E-state index contributed by atoms with van der Waals surface area (Å²) in [7, 11) is 0. The molecule has 2 heteroatoms. The summed E-state index contributed by atoms with van der Waals surface area (Å²) >= 11 is 0. The van der Waals surface area contributed by atoms with Gasteiger partial charge < -0.3 is 4.74 Å². The third-order valence-corrected chi connectivity index (χ3v) is 5.21. The fourth-order valence-electron chi connectivity index (χ4n) is 2.81. The maximum Gasteiger partial charge on any atom is 0.330 e. The van der Waals surface area contributed by atoms with E-state index in [0.29, 0.717) is 0 Å². The molecule has 0 aromatic heterocycles. The van der Waals surface area contributed by atoms with Crippen LogP contribution in [0.25, 0.3) is 0 Å². The second-order valence-corrected chi connectivity index (χ2v) is 6.57. The Balaban J connectivity index is 3.09. The summed E-state index contributed by atoms with van der Waals surface area (Å²) in [6.45, 7) is 14.5. The highest BCUT2D eigenvalue weighted by Gasteiger charge is 2.53. The van der Waals surface area contributed by atoms with Gasteiger partial charge in [-0.05, 0) is 31.6 Å². The van der Waals surface area contributed by atoms with E-state index in [1.807, 2.05) is 0 Å². The van der Waals surface area contributed by atoms with Crippen molar-refractivity contribution in [3.63, 3.8) is 0 Å². The van der Waals surface area contributed by atoms with Crippen molar-refractivity contribution in [2.75, 3.05) is 0 Å². The fraction of sp³-hybridized carbons (Fsp3) is 0.800. The molecule has 98 valence electrons. The molecular formula is C15H26O2. The van der Waals surface area contributed by atoms with Crippen molar-refractivity contribution in [3.05, 3.63) is 12.7 Å². The third-order valence-electron chi connectivity index (χ3n) is 5.21. The standard InChI is InChI=1S/C15H26O2/c1-7-12(16)17-15(6)11-9-8-10-13(2,3)14(15,4)5/h7H,1,8-11H2,2-6H3. The van der Waals surface area contributed by atoms with Crippen LogP contribution in [0.15, 0.2) is 12.7 Å². The molecule has 0 N–H and O–H groups in total. The lowest BCUT2D eigenvalue weighted by atomic mass is 9.58. The lowest BCUT2D eigenvalue weighted by molar-refractivity contribution is -0.178. The van der Waals surface area contributed by atoms with Gasteiger partial charge in [0.15, 0.2) is 0 Å². The first-order chi connectivity index (χ1) is 7.66. The van der Waals surface area contributed by atoms with Crippen molar-refractivity contribution in [1.29, 1.82) is 0 Å². The Hall–Kier alpha value is -0.790. The van der Waals surface area contributed by atoms with Gasteiger partial charge in [0.2, 0.25) is 0 Å². The molecule has 1 fully saturated rings. The van der Waals surface area contributed by atoms with E-state index in [1.165, 1.54) is 18.9 Å². The van der Waals surface area contributed by atoms with Gasteiger partial charge in [0, 0.05) is 11.5 Å². The number of carbonyl (C=O) groups is 1. The van der Waals surface area contributed by atoms with E-state index >= 15 is 0 Å². The van der Waals surface area contributed by atoms with Crippen molar-refractivity contribution in [3.8, 4) is 0 Å². The molecule has 0 aliphatic heterocycles. The normalized spacial score (nSPS) is 31.4. The van der Waals surface area contributed by atoms with Crippen molar-refractivity contribution >= 4 is 5.97 Å². The summed E-state index contributed by atoms with van der Waals surface area (Å²) in [6, 6.07) is 0. The van der Waals surface area contributed by atoms with Gasteiger partial charge in [0.05, 0.1) is 0 Å². The van der Waals surface area contributed by atoms with E-state index in [4.69, 9.17) is 4.74 Å². The van der Waals surface area contributed by atoms with Crippen LogP contribution < -0.4 is 0 Å². The van der Waals surface area contributed by atoms with Gasteiger partial charge in [-0.1, -0.05) is 40.7 Å². The van der Waals surface area contributed by atoms with Crippen LogP contribution in [0, 0.1) is 10.8 Å². The number of esters is 1. The Kier molecular flexibility index (Phi) is 3.75. The number of ether oxygens (including phenoxy) is 1. The van der Waals surface area contributed by atoms with Crippen molar-refractivity contribution < 1.29 is 9.53 Å². The Morgan fingerprint density at radius 2 is 1.65 bits per heavy atom. The smallest absolute Gasteiger partial charge is 0.330 e. The molecule has 0 radical (unpaired) electrons. The van der Waals surface area contributed by atoms with Crippen LogP contribution in [0.4, 0.5) is 0 Å². The Morgan fingerprint density at radius 3 is 2.18 bits per heavy atom. The van der Waals surface area contributed by atoms with Crippen LogP contribution in [0.5, 0.6) is 0 Å². The maximum absolute atomic E-state index is 11.6. The molecule has 1 aliphatic rings. The zero-order valence-corrected chi connectivity index (χ0v) is 11.9. The molecule has 0 aromatic rings. The van der Waals surface area contributed by atoms with Crippen LogP contribution in [0.2, 0.25) is 0 Å². The Morgan fingerprint density at radius 1 is 1.12 bits per heavy atom. The third kappa shape index (κ3) is 2.41. The molecule has 1 aliphatic carbocycles. The number of rotatable bonds is 2. The minimum Gasteiger partial charge on any atom is -0.456 e. The molecule has 0 spiro atoms. The van der Waals surface area contributed by atoms with Crippen LogP contribution >= 0.6 is 0 Å². The minimum absolute atomic E-state index is 0.0465. The van der Waals surface area contributed by atoms with Crippen LogP contribution in [-0.4, -0.2) is 11.6 Å². The Bertz CT molecular complexity index is 315. The van der Waals surface area contributed by atoms with E-state index in [9.17, 15) is 4.79 Å². The molecule has 1 rings (SSSR count). The lowest BCUT2D eigenvalue weighted by Gasteiger charge is -2.51. The molecule has 1 atom stereocenters. The molecule has 1 saturated carbocycles. The topological polar surface area (TPSA) is 26.3 Å². The first kappa shape index (κ1) is 14.3. The van der Waals surface area contributed by atoms with Crippen LogP contribution in [0.3, 0.4) is 0 Å². The van der Waals surface area contributed by atoms with Crippen molar-refractivity contribution in [1.82, 2.24) is 0 Å². The molecule has 0 heterocycles. The maximum atomic E-state index is 11.6. The average Bonchev–Trinajstić information content (AvgIpc) is 2.29. The highest BCUT2D eigenvalue weighted by molar-refractivity contribution is 5.81. The second kappa shape index (κ2) is 4.47. The van der Waals surface area contributed by atoms with Gasteiger partial charge in [-0.3, -0.25) is 0 Å². The predicted octanol–water partition coefficient (Wildman–Crippen LogP) is 4.10. The molecule has 0 amide bonds. The summed E-state index contributed by atoms with van der Waals surface area (Å²) in [4.78, 5) is 11.6. The first-order valence-corrected chi connectivity index (χ1v) is 6.52. The zero-order valence-electron chi connectivity index (χ0n) is 11.9. The molecule has 0 saturated heterocycles. The Labute approximate surface area is 105 Å². The summed E-state index contributed by atoms with van der Waals surface area (Å²) in [5.41, 5.74) is -0.285. The van der Waals surface area contributed by atoms with E-state index in [-0.39, 0.29) is 16.8 Å². The van der Waals surface area contributed by atoms with E-state index < -0.39 is 5.60 Å². The molecular weight excluding hydrogens is 212 g/mol. The van der Waals surface area contributed by atoms with Gasteiger partial charge >= 0.3 is 5.97 Å². The van der Waals surface area contributed by atoms with Gasteiger partial charge in [-0.25, -0.2) is 4.79 Å². The van der Waals surface area contributed by atoms with E-state index in [2.05, 4.69) is 41.2 Å². The summed E-state index contributed by atoms with van der Waals surface area (Å²) in [5, 5.41) is 0. The molecule has 0 aromatic carbocycles. The minimum atomic E-state index is -0.404. The summed E-state index contributed by atoms with van der Waals surface area (Å²) in [5.74, 6) is -0.307. The predicted molar refractivity (Wildman–Crippen MR) is 70.7 cm³/mol. The second-order valence-electron chi connectivity index (χ2n) is 6.57. The summed E-state index contributed by atoms with van der Waals surface area (Å²) in [6.07, 6.45) is 5.70. The van der Waals surface area contributed by atoms with Crippen molar-refractivity contribution in [2.24, 2.45) is 10.8 Å². The molecule has 2 nitrogen and oxygen atoms in total. The monoisotopic (exact) mass is 238 g/mol. The highest BCUT2D eigenvalue weighted by Crippen LogP contribution is 2.54. The molecule has 0 bridgehead atoms. The number of hydrogen-bond acceptors (Lipinski definition) is 2. The van der Waals surface area contributed by atoms with Gasteiger partial charge in [-0.2, -0.15) is 0 Å².